The van der Waals surface area contributed by atoms with Crippen molar-refractivity contribution in [2.75, 3.05) is 18.8 Å². The van der Waals surface area contributed by atoms with Gasteiger partial charge in [-0.15, -0.1) is 0 Å². The first-order valence-electron chi connectivity index (χ1n) is 3.30. The minimum absolute atomic E-state index is 0.250. The highest BCUT2D eigenvalue weighted by atomic mass is 32.1. The Bertz CT molecular complexity index is 97.7. The molecular weight excluding hydrogens is 150 g/mol. The van der Waals surface area contributed by atoms with Gasteiger partial charge in [0.2, 0.25) is 0 Å². The van der Waals surface area contributed by atoms with E-state index in [4.69, 9.17) is 5.11 Å². The smallest absolute Gasteiger partial charge is 0.303 e. The van der Waals surface area contributed by atoms with Crippen molar-refractivity contribution in [3.05, 3.63) is 0 Å². The van der Waals surface area contributed by atoms with Crippen molar-refractivity contribution in [3.63, 3.8) is 0 Å². The van der Waals surface area contributed by atoms with Crippen molar-refractivity contribution in [2.24, 2.45) is 0 Å². The van der Waals surface area contributed by atoms with E-state index in [0.717, 1.165) is 18.8 Å². The predicted molar refractivity (Wildman–Crippen MR) is 43.6 cm³/mol. The summed E-state index contributed by atoms with van der Waals surface area (Å²) >= 11 is 3.98. The number of carboxylic acids is 1. The first-order valence-corrected chi connectivity index (χ1v) is 3.94. The van der Waals surface area contributed by atoms with E-state index in [-0.39, 0.29) is 6.42 Å². The summed E-state index contributed by atoms with van der Waals surface area (Å²) in [5.74, 6) is 0.0697. The zero-order valence-electron chi connectivity index (χ0n) is 5.84. The van der Waals surface area contributed by atoms with Gasteiger partial charge in [-0.05, 0) is 13.0 Å². The molecule has 4 heteroatoms. The lowest BCUT2D eigenvalue weighted by Crippen LogP contribution is -2.18. The van der Waals surface area contributed by atoms with Crippen molar-refractivity contribution in [1.82, 2.24) is 5.32 Å². The van der Waals surface area contributed by atoms with Crippen LogP contribution in [-0.4, -0.2) is 29.9 Å². The Morgan fingerprint density at radius 1 is 1.50 bits per heavy atom. The zero-order chi connectivity index (χ0) is 7.82. The van der Waals surface area contributed by atoms with E-state index < -0.39 is 5.97 Å². The number of hydrogen-bond acceptors (Lipinski definition) is 3. The van der Waals surface area contributed by atoms with E-state index in [2.05, 4.69) is 17.9 Å². The normalized spacial score (nSPS) is 9.70. The van der Waals surface area contributed by atoms with Crippen LogP contribution in [0.1, 0.15) is 12.8 Å². The molecule has 0 spiro atoms. The largest absolute Gasteiger partial charge is 0.481 e. The monoisotopic (exact) mass is 163 g/mol. The average molecular weight is 163 g/mol. The molecule has 2 N–H and O–H groups in total. The minimum Gasteiger partial charge on any atom is -0.481 e. The molecule has 0 bridgehead atoms. The molecule has 0 unspecified atom stereocenters. The number of hydrogen-bond donors (Lipinski definition) is 3. The quantitative estimate of drug-likeness (QED) is 0.392. The Balaban J connectivity index is 2.84. The number of aliphatic carboxylic acids is 1. The molecule has 0 saturated carbocycles. The van der Waals surface area contributed by atoms with Crippen molar-refractivity contribution >= 4 is 18.6 Å². The van der Waals surface area contributed by atoms with Crippen molar-refractivity contribution < 1.29 is 9.90 Å². The molecule has 10 heavy (non-hydrogen) atoms. The molecule has 0 atom stereocenters. The summed E-state index contributed by atoms with van der Waals surface area (Å²) in [5, 5.41) is 11.3. The summed E-state index contributed by atoms with van der Waals surface area (Å²) in [6.45, 7) is 1.62. The van der Waals surface area contributed by atoms with Gasteiger partial charge >= 0.3 is 5.97 Å². The van der Waals surface area contributed by atoms with E-state index in [9.17, 15) is 4.79 Å². The summed E-state index contributed by atoms with van der Waals surface area (Å²) in [6, 6.07) is 0. The Morgan fingerprint density at radius 2 is 2.20 bits per heavy atom. The SMILES string of the molecule is O=C(O)CCCNCCS. The third-order valence-electron chi connectivity index (χ3n) is 1.03. The highest BCUT2D eigenvalue weighted by Crippen LogP contribution is 1.85. The molecule has 0 aliphatic rings. The van der Waals surface area contributed by atoms with E-state index in [1.165, 1.54) is 0 Å². The van der Waals surface area contributed by atoms with Crippen LogP contribution in [0.15, 0.2) is 0 Å². The molecule has 3 nitrogen and oxygen atoms in total. The fraction of sp³-hybridized carbons (Fsp3) is 0.833. The topological polar surface area (TPSA) is 49.3 Å². The molecule has 0 aliphatic carbocycles. The van der Waals surface area contributed by atoms with Gasteiger partial charge in [0.05, 0.1) is 0 Å². The van der Waals surface area contributed by atoms with Crippen LogP contribution in [0.5, 0.6) is 0 Å². The fourth-order valence-corrected chi connectivity index (χ4v) is 0.727. The molecule has 0 fully saturated rings. The molecule has 0 aromatic rings. The van der Waals surface area contributed by atoms with Gasteiger partial charge in [0.15, 0.2) is 0 Å². The average Bonchev–Trinajstić information content (AvgIpc) is 1.87. The molecule has 0 saturated heterocycles. The lowest BCUT2D eigenvalue weighted by atomic mass is 10.3. The van der Waals surface area contributed by atoms with Crippen LogP contribution in [0, 0.1) is 0 Å². The maximum atomic E-state index is 9.99. The Kier molecular flexibility index (Phi) is 6.74. The van der Waals surface area contributed by atoms with Crippen LogP contribution < -0.4 is 5.32 Å². The van der Waals surface area contributed by atoms with Gasteiger partial charge in [-0.2, -0.15) is 12.6 Å². The standard InChI is InChI=1S/C6H13NO2S/c8-6(9)2-1-3-7-4-5-10/h7,10H,1-5H2,(H,8,9). The van der Waals surface area contributed by atoms with Gasteiger partial charge in [0, 0.05) is 18.7 Å². The molecule has 60 valence electrons. The lowest BCUT2D eigenvalue weighted by molar-refractivity contribution is -0.137. The van der Waals surface area contributed by atoms with E-state index in [0.29, 0.717) is 6.42 Å². The summed E-state index contributed by atoms with van der Waals surface area (Å²) in [4.78, 5) is 9.99. The van der Waals surface area contributed by atoms with Gasteiger partial charge in [0.1, 0.15) is 0 Å². The summed E-state index contributed by atoms with van der Waals surface area (Å²) in [6.07, 6.45) is 0.947. The molecule has 0 amide bonds. The number of thiol groups is 1. The Labute approximate surface area is 66.2 Å². The third-order valence-corrected chi connectivity index (χ3v) is 1.26. The Morgan fingerprint density at radius 3 is 2.70 bits per heavy atom. The molecule has 0 heterocycles. The molecule has 0 rings (SSSR count). The van der Waals surface area contributed by atoms with Crippen LogP contribution >= 0.6 is 12.6 Å². The predicted octanol–water partition coefficient (Wildman–Crippen LogP) is 0.371. The highest BCUT2D eigenvalue weighted by Gasteiger charge is 1.94. The van der Waals surface area contributed by atoms with Crippen LogP contribution in [0.3, 0.4) is 0 Å². The van der Waals surface area contributed by atoms with Crippen LogP contribution in [0.25, 0.3) is 0 Å². The second kappa shape index (κ2) is 6.89. The molecular formula is C6H13NO2S. The first kappa shape index (κ1) is 9.78. The van der Waals surface area contributed by atoms with E-state index in [1.54, 1.807) is 0 Å². The van der Waals surface area contributed by atoms with Gasteiger partial charge in [-0.25, -0.2) is 0 Å². The Hall–Kier alpha value is -0.220. The van der Waals surface area contributed by atoms with E-state index >= 15 is 0 Å². The fourth-order valence-electron chi connectivity index (χ4n) is 0.569. The summed E-state index contributed by atoms with van der Waals surface area (Å²) < 4.78 is 0. The second-order valence-corrected chi connectivity index (χ2v) is 2.42. The number of nitrogens with one attached hydrogen (secondary N) is 1. The molecule has 0 radical (unpaired) electrons. The minimum atomic E-state index is -0.729. The summed E-state index contributed by atoms with van der Waals surface area (Å²) in [7, 11) is 0. The van der Waals surface area contributed by atoms with Gasteiger partial charge in [-0.3, -0.25) is 4.79 Å². The maximum absolute atomic E-state index is 9.99. The second-order valence-electron chi connectivity index (χ2n) is 1.97. The summed E-state index contributed by atoms with van der Waals surface area (Å²) in [5.41, 5.74) is 0. The molecule has 0 aromatic carbocycles. The number of rotatable bonds is 6. The third kappa shape index (κ3) is 7.78. The van der Waals surface area contributed by atoms with Crippen LogP contribution in [-0.2, 0) is 4.79 Å². The van der Waals surface area contributed by atoms with Crippen molar-refractivity contribution in [3.8, 4) is 0 Å². The molecule has 0 aromatic heterocycles. The maximum Gasteiger partial charge on any atom is 0.303 e. The molecule has 0 aliphatic heterocycles. The van der Waals surface area contributed by atoms with E-state index in [1.807, 2.05) is 0 Å². The first-order chi connectivity index (χ1) is 4.77. The lowest BCUT2D eigenvalue weighted by Gasteiger charge is -1.98. The van der Waals surface area contributed by atoms with Gasteiger partial charge in [0.25, 0.3) is 0 Å². The highest BCUT2D eigenvalue weighted by molar-refractivity contribution is 7.80. The van der Waals surface area contributed by atoms with Crippen molar-refractivity contribution in [2.45, 2.75) is 12.8 Å². The zero-order valence-corrected chi connectivity index (χ0v) is 6.73. The van der Waals surface area contributed by atoms with Crippen molar-refractivity contribution in [1.29, 1.82) is 0 Å². The number of carbonyl (C=O) groups is 1. The van der Waals surface area contributed by atoms with Crippen LogP contribution in [0.2, 0.25) is 0 Å². The van der Waals surface area contributed by atoms with Gasteiger partial charge < -0.3 is 10.4 Å². The van der Waals surface area contributed by atoms with Crippen LogP contribution in [0.4, 0.5) is 0 Å². The van der Waals surface area contributed by atoms with Gasteiger partial charge in [-0.1, -0.05) is 0 Å². The number of carboxylic acid groups (broad SMARTS) is 1.